The zero-order valence-corrected chi connectivity index (χ0v) is 20.4. The van der Waals surface area contributed by atoms with Gasteiger partial charge in [-0.3, -0.25) is 4.79 Å². The third-order valence-corrected chi connectivity index (χ3v) is 7.44. The molecule has 0 aliphatic heterocycles. The van der Waals surface area contributed by atoms with Crippen molar-refractivity contribution in [2.75, 3.05) is 27.2 Å². The van der Waals surface area contributed by atoms with Gasteiger partial charge in [-0.15, -0.1) is 0 Å². The van der Waals surface area contributed by atoms with Gasteiger partial charge in [0.05, 0.1) is 18.6 Å². The SMILES string of the molecule is COc1ccc(S(=O)(=O)N(CCc2ccccc2)CC(=O)N(C)Cc2ccccc2F)cc1C. The van der Waals surface area contributed by atoms with Crippen LogP contribution in [-0.2, 0) is 27.8 Å². The number of aryl methyl sites for hydroxylation is 1. The molecule has 0 saturated carbocycles. The Morgan fingerprint density at radius 1 is 1.00 bits per heavy atom. The molecule has 0 aliphatic rings. The van der Waals surface area contributed by atoms with Crippen molar-refractivity contribution in [2.45, 2.75) is 24.8 Å². The van der Waals surface area contributed by atoms with Crippen molar-refractivity contribution < 1.29 is 22.3 Å². The van der Waals surface area contributed by atoms with Gasteiger partial charge >= 0.3 is 0 Å². The molecule has 0 unspecified atom stereocenters. The molecule has 3 aromatic carbocycles. The average molecular weight is 485 g/mol. The highest BCUT2D eigenvalue weighted by atomic mass is 32.2. The molecule has 0 spiro atoms. The second kappa shape index (κ2) is 11.3. The van der Waals surface area contributed by atoms with Crippen molar-refractivity contribution in [1.29, 1.82) is 0 Å². The molecule has 3 aromatic rings. The summed E-state index contributed by atoms with van der Waals surface area (Å²) in [5.41, 5.74) is 2.00. The Balaban J connectivity index is 1.84. The normalized spacial score (nSPS) is 11.4. The smallest absolute Gasteiger partial charge is 0.243 e. The lowest BCUT2D eigenvalue weighted by atomic mass is 10.1. The van der Waals surface area contributed by atoms with E-state index in [-0.39, 0.29) is 24.5 Å². The van der Waals surface area contributed by atoms with Gasteiger partial charge in [-0.05, 0) is 48.7 Å². The third-order valence-electron chi connectivity index (χ3n) is 5.60. The molecule has 8 heteroatoms. The van der Waals surface area contributed by atoms with Gasteiger partial charge in [0.25, 0.3) is 0 Å². The van der Waals surface area contributed by atoms with Crippen LogP contribution in [0.2, 0.25) is 0 Å². The second-order valence-corrected chi connectivity index (χ2v) is 9.98. The number of halogens is 1. The van der Waals surface area contributed by atoms with Crippen LogP contribution in [-0.4, -0.2) is 50.8 Å². The van der Waals surface area contributed by atoms with E-state index in [0.29, 0.717) is 23.3 Å². The first-order valence-corrected chi connectivity index (χ1v) is 12.3. The fourth-order valence-electron chi connectivity index (χ4n) is 3.59. The van der Waals surface area contributed by atoms with Crippen LogP contribution in [0.25, 0.3) is 0 Å². The molecule has 0 radical (unpaired) electrons. The molecule has 0 atom stereocenters. The zero-order chi connectivity index (χ0) is 24.7. The first-order chi connectivity index (χ1) is 16.2. The summed E-state index contributed by atoms with van der Waals surface area (Å²) >= 11 is 0. The minimum absolute atomic E-state index is 0.0414. The molecule has 34 heavy (non-hydrogen) atoms. The summed E-state index contributed by atoms with van der Waals surface area (Å²) in [4.78, 5) is 14.4. The van der Waals surface area contributed by atoms with Gasteiger partial charge in [-0.2, -0.15) is 4.31 Å². The van der Waals surface area contributed by atoms with Crippen LogP contribution in [0.5, 0.6) is 5.75 Å². The van der Waals surface area contributed by atoms with Crippen LogP contribution in [0.4, 0.5) is 4.39 Å². The molecule has 1 amide bonds. The number of methoxy groups -OCH3 is 1. The molecular formula is C26H29FN2O4S. The van der Waals surface area contributed by atoms with Crippen molar-refractivity contribution in [2.24, 2.45) is 0 Å². The minimum atomic E-state index is -3.97. The van der Waals surface area contributed by atoms with E-state index in [1.165, 1.54) is 41.6 Å². The molecule has 0 N–H and O–H groups in total. The maximum Gasteiger partial charge on any atom is 0.243 e. The molecule has 0 saturated heterocycles. The van der Waals surface area contributed by atoms with Crippen LogP contribution in [0.3, 0.4) is 0 Å². The summed E-state index contributed by atoms with van der Waals surface area (Å²) in [5, 5.41) is 0. The van der Waals surface area contributed by atoms with E-state index in [1.807, 2.05) is 30.3 Å². The van der Waals surface area contributed by atoms with E-state index in [9.17, 15) is 17.6 Å². The molecule has 0 aliphatic carbocycles. The molecule has 0 fully saturated rings. The predicted octanol–water partition coefficient (Wildman–Crippen LogP) is 4.03. The van der Waals surface area contributed by atoms with E-state index in [1.54, 1.807) is 31.2 Å². The zero-order valence-electron chi connectivity index (χ0n) is 19.6. The van der Waals surface area contributed by atoms with Gasteiger partial charge in [0.1, 0.15) is 11.6 Å². The Kier molecular flexibility index (Phi) is 8.41. The van der Waals surface area contributed by atoms with Gasteiger partial charge in [-0.1, -0.05) is 48.5 Å². The number of carbonyl (C=O) groups excluding carboxylic acids is 1. The van der Waals surface area contributed by atoms with Gasteiger partial charge in [-0.25, -0.2) is 12.8 Å². The Morgan fingerprint density at radius 2 is 1.68 bits per heavy atom. The number of sulfonamides is 1. The number of likely N-dealkylation sites (N-methyl/N-ethyl adjacent to an activating group) is 1. The Morgan fingerprint density at radius 3 is 2.32 bits per heavy atom. The van der Waals surface area contributed by atoms with Crippen LogP contribution in [0.1, 0.15) is 16.7 Å². The first-order valence-electron chi connectivity index (χ1n) is 10.9. The molecule has 0 aromatic heterocycles. The lowest BCUT2D eigenvalue weighted by molar-refractivity contribution is -0.130. The van der Waals surface area contributed by atoms with Crippen molar-refractivity contribution >= 4 is 15.9 Å². The molecule has 180 valence electrons. The van der Waals surface area contributed by atoms with Gasteiger partial charge in [0, 0.05) is 25.7 Å². The molecule has 3 rings (SSSR count). The molecular weight excluding hydrogens is 455 g/mol. The van der Waals surface area contributed by atoms with Crippen LogP contribution in [0.15, 0.2) is 77.7 Å². The van der Waals surface area contributed by atoms with Crippen LogP contribution < -0.4 is 4.74 Å². The lowest BCUT2D eigenvalue weighted by Gasteiger charge is -2.25. The minimum Gasteiger partial charge on any atom is -0.496 e. The predicted molar refractivity (Wildman–Crippen MR) is 130 cm³/mol. The highest BCUT2D eigenvalue weighted by Gasteiger charge is 2.28. The number of hydrogen-bond donors (Lipinski definition) is 0. The topological polar surface area (TPSA) is 66.9 Å². The number of ether oxygens (including phenoxy) is 1. The summed E-state index contributed by atoms with van der Waals surface area (Å²) in [6, 6.07) is 20.3. The van der Waals surface area contributed by atoms with E-state index < -0.39 is 21.7 Å². The fraction of sp³-hybridized carbons (Fsp3) is 0.269. The summed E-state index contributed by atoms with van der Waals surface area (Å²) < 4.78 is 47.5. The lowest BCUT2D eigenvalue weighted by Crippen LogP contribution is -2.42. The number of benzene rings is 3. The molecule has 6 nitrogen and oxygen atoms in total. The quantitative estimate of drug-likeness (QED) is 0.436. The maximum absolute atomic E-state index is 14.0. The first kappa shape index (κ1) is 25.4. The number of nitrogens with zero attached hydrogens (tertiary/aromatic N) is 2. The Labute approximate surface area is 200 Å². The van der Waals surface area contributed by atoms with Crippen LogP contribution >= 0.6 is 0 Å². The summed E-state index contributed by atoms with van der Waals surface area (Å²) in [5.74, 6) is -0.259. The average Bonchev–Trinajstić information content (AvgIpc) is 2.83. The van der Waals surface area contributed by atoms with E-state index in [0.717, 1.165) is 5.56 Å². The Hall–Kier alpha value is -3.23. The molecule has 0 heterocycles. The standard InChI is InChI=1S/C26H29FN2O4S/c1-20-17-23(13-14-25(20)33-3)34(31,32)29(16-15-21-9-5-4-6-10-21)19-26(30)28(2)18-22-11-7-8-12-24(22)27/h4-14,17H,15-16,18-19H2,1-3H3. The summed E-state index contributed by atoms with van der Waals surface area (Å²) in [6.45, 7) is 1.57. The monoisotopic (exact) mass is 484 g/mol. The molecule has 0 bridgehead atoms. The van der Waals surface area contributed by atoms with Gasteiger partial charge < -0.3 is 9.64 Å². The van der Waals surface area contributed by atoms with Gasteiger partial charge in [0.15, 0.2) is 0 Å². The summed E-state index contributed by atoms with van der Waals surface area (Å²) in [7, 11) is -0.916. The third kappa shape index (κ3) is 6.21. The van der Waals surface area contributed by atoms with E-state index in [4.69, 9.17) is 4.74 Å². The fourth-order valence-corrected chi connectivity index (χ4v) is 5.06. The highest BCUT2D eigenvalue weighted by molar-refractivity contribution is 7.89. The number of rotatable bonds is 10. The van der Waals surface area contributed by atoms with Crippen molar-refractivity contribution in [3.8, 4) is 5.75 Å². The summed E-state index contributed by atoms with van der Waals surface area (Å²) in [6.07, 6.45) is 0.444. The van der Waals surface area contributed by atoms with Gasteiger partial charge in [0.2, 0.25) is 15.9 Å². The van der Waals surface area contributed by atoms with Crippen molar-refractivity contribution in [3.05, 3.63) is 95.3 Å². The Bertz CT molecular complexity index is 1230. The second-order valence-electron chi connectivity index (χ2n) is 8.05. The van der Waals surface area contributed by atoms with E-state index in [2.05, 4.69) is 0 Å². The number of amides is 1. The van der Waals surface area contributed by atoms with Crippen molar-refractivity contribution in [3.63, 3.8) is 0 Å². The number of hydrogen-bond acceptors (Lipinski definition) is 4. The van der Waals surface area contributed by atoms with Crippen LogP contribution in [0, 0.1) is 12.7 Å². The number of carbonyl (C=O) groups is 1. The maximum atomic E-state index is 14.0. The largest absolute Gasteiger partial charge is 0.496 e. The van der Waals surface area contributed by atoms with Crippen molar-refractivity contribution in [1.82, 2.24) is 9.21 Å². The van der Waals surface area contributed by atoms with E-state index >= 15 is 0 Å². The highest BCUT2D eigenvalue weighted by Crippen LogP contribution is 2.24.